The van der Waals surface area contributed by atoms with Crippen molar-refractivity contribution < 1.29 is 10.2 Å². The number of likely N-dealkylation sites (tertiary alicyclic amines) is 1. The molecule has 0 bridgehead atoms. The first-order valence-electron chi connectivity index (χ1n) is 4.51. The summed E-state index contributed by atoms with van der Waals surface area (Å²) < 4.78 is 0. The minimum Gasteiger partial charge on any atom is -0.393 e. The Bertz CT molecular complexity index is 124. The Kier molecular flexibility index (Phi) is 3.94. The van der Waals surface area contributed by atoms with Gasteiger partial charge in [-0.2, -0.15) is 0 Å². The molecule has 0 aromatic rings. The average Bonchev–Trinajstić information content (AvgIpc) is 2.09. The fourth-order valence-corrected chi connectivity index (χ4v) is 1.47. The number of β-amino-alcohol motifs (C(OH)–C–C–N with tert-alkyl or cyclic N) is 1. The normalized spacial score (nSPS) is 24.2. The van der Waals surface area contributed by atoms with Crippen LogP contribution in [0.1, 0.15) is 12.8 Å². The smallest absolute Gasteiger partial charge is 0.0789 e. The van der Waals surface area contributed by atoms with Gasteiger partial charge in [0.2, 0.25) is 0 Å². The van der Waals surface area contributed by atoms with E-state index >= 15 is 0 Å². The number of nitrogens with two attached hydrogens (primary N) is 1. The second-order valence-electron chi connectivity index (χ2n) is 3.42. The molecule has 1 heterocycles. The fraction of sp³-hybridized carbons (Fsp3) is 1.00. The minimum absolute atomic E-state index is 0.142. The minimum atomic E-state index is -0.416. The number of nitrogens with zero attached hydrogens (tertiary/aromatic N) is 1. The maximum atomic E-state index is 9.25. The molecule has 12 heavy (non-hydrogen) atoms. The molecule has 0 aromatic carbocycles. The molecule has 1 saturated heterocycles. The molecule has 0 amide bonds. The molecular weight excluding hydrogens is 156 g/mol. The van der Waals surface area contributed by atoms with Crippen molar-refractivity contribution in [2.75, 3.05) is 26.2 Å². The first-order valence-corrected chi connectivity index (χ1v) is 4.51. The molecule has 0 radical (unpaired) electrons. The largest absolute Gasteiger partial charge is 0.393 e. The Morgan fingerprint density at radius 1 is 1.42 bits per heavy atom. The van der Waals surface area contributed by atoms with Gasteiger partial charge in [-0.25, -0.2) is 0 Å². The Morgan fingerprint density at radius 2 is 2.00 bits per heavy atom. The summed E-state index contributed by atoms with van der Waals surface area (Å²) in [5, 5.41) is 18.5. The first kappa shape index (κ1) is 9.92. The van der Waals surface area contributed by atoms with Gasteiger partial charge in [-0.15, -0.1) is 0 Å². The third kappa shape index (κ3) is 3.06. The zero-order chi connectivity index (χ0) is 8.97. The highest BCUT2D eigenvalue weighted by Gasteiger charge is 2.18. The van der Waals surface area contributed by atoms with E-state index in [-0.39, 0.29) is 6.10 Å². The molecule has 0 aromatic heterocycles. The zero-order valence-electron chi connectivity index (χ0n) is 7.32. The molecule has 0 spiro atoms. The maximum Gasteiger partial charge on any atom is 0.0789 e. The second kappa shape index (κ2) is 4.77. The lowest BCUT2D eigenvalue weighted by atomic mass is 10.1. The van der Waals surface area contributed by atoms with E-state index in [1.165, 1.54) is 0 Å². The Labute approximate surface area is 73.0 Å². The van der Waals surface area contributed by atoms with Crippen LogP contribution in [0.4, 0.5) is 0 Å². The van der Waals surface area contributed by atoms with E-state index in [1.54, 1.807) is 0 Å². The third-order valence-corrected chi connectivity index (χ3v) is 2.30. The van der Waals surface area contributed by atoms with Crippen LogP contribution in [0, 0.1) is 0 Å². The topological polar surface area (TPSA) is 69.7 Å². The number of rotatable bonds is 3. The summed E-state index contributed by atoms with van der Waals surface area (Å²) in [7, 11) is 0. The van der Waals surface area contributed by atoms with Gasteiger partial charge in [0.1, 0.15) is 0 Å². The van der Waals surface area contributed by atoms with E-state index in [1.807, 2.05) is 0 Å². The van der Waals surface area contributed by atoms with Gasteiger partial charge in [0.05, 0.1) is 12.2 Å². The SMILES string of the molecule is NCC(O)CN1CCC(O)CC1. The van der Waals surface area contributed by atoms with Gasteiger partial charge >= 0.3 is 0 Å². The van der Waals surface area contributed by atoms with Crippen molar-refractivity contribution in [2.45, 2.75) is 25.0 Å². The molecule has 4 heteroatoms. The predicted octanol–water partition coefficient (Wildman–Crippen LogP) is -1.24. The lowest BCUT2D eigenvalue weighted by Crippen LogP contribution is -2.42. The molecule has 4 nitrogen and oxygen atoms in total. The number of aliphatic hydroxyl groups is 2. The summed E-state index contributed by atoms with van der Waals surface area (Å²) >= 11 is 0. The summed E-state index contributed by atoms with van der Waals surface area (Å²) in [6, 6.07) is 0. The molecule has 1 fully saturated rings. The standard InChI is InChI=1S/C8H18N2O2/c9-5-8(12)6-10-3-1-7(11)2-4-10/h7-8,11-12H,1-6,9H2. The van der Waals surface area contributed by atoms with Crippen molar-refractivity contribution in [3.05, 3.63) is 0 Å². The summed E-state index contributed by atoms with van der Waals surface area (Å²) in [5.41, 5.74) is 5.29. The van der Waals surface area contributed by atoms with E-state index in [0.29, 0.717) is 13.1 Å². The van der Waals surface area contributed by atoms with Crippen LogP contribution in [0.15, 0.2) is 0 Å². The molecule has 4 N–H and O–H groups in total. The van der Waals surface area contributed by atoms with Crippen LogP contribution in [0.5, 0.6) is 0 Å². The highest BCUT2D eigenvalue weighted by Crippen LogP contribution is 2.09. The van der Waals surface area contributed by atoms with Crippen molar-refractivity contribution in [1.29, 1.82) is 0 Å². The van der Waals surface area contributed by atoms with Gasteiger partial charge in [0.15, 0.2) is 0 Å². The summed E-state index contributed by atoms with van der Waals surface area (Å²) in [4.78, 5) is 2.14. The van der Waals surface area contributed by atoms with E-state index in [4.69, 9.17) is 5.73 Å². The van der Waals surface area contributed by atoms with Gasteiger partial charge in [0, 0.05) is 26.2 Å². The zero-order valence-corrected chi connectivity index (χ0v) is 7.32. The van der Waals surface area contributed by atoms with Gasteiger partial charge in [-0.05, 0) is 12.8 Å². The average molecular weight is 174 g/mol. The molecule has 1 atom stereocenters. The molecule has 0 aliphatic carbocycles. The lowest BCUT2D eigenvalue weighted by molar-refractivity contribution is 0.0535. The predicted molar refractivity (Wildman–Crippen MR) is 46.7 cm³/mol. The lowest BCUT2D eigenvalue weighted by Gasteiger charge is -2.30. The van der Waals surface area contributed by atoms with Gasteiger partial charge in [0.25, 0.3) is 0 Å². The fourth-order valence-electron chi connectivity index (χ4n) is 1.47. The Morgan fingerprint density at radius 3 is 2.50 bits per heavy atom. The number of hydrogen-bond donors (Lipinski definition) is 3. The number of aliphatic hydroxyl groups excluding tert-OH is 2. The van der Waals surface area contributed by atoms with Crippen molar-refractivity contribution >= 4 is 0 Å². The van der Waals surface area contributed by atoms with E-state index in [2.05, 4.69) is 4.90 Å². The molecule has 72 valence electrons. The monoisotopic (exact) mass is 174 g/mol. The van der Waals surface area contributed by atoms with E-state index in [9.17, 15) is 10.2 Å². The second-order valence-corrected chi connectivity index (χ2v) is 3.42. The van der Waals surface area contributed by atoms with Gasteiger partial charge < -0.3 is 20.8 Å². The molecular formula is C8H18N2O2. The molecule has 0 saturated carbocycles. The molecule has 1 rings (SSSR count). The van der Waals surface area contributed by atoms with Crippen molar-refractivity contribution in [3.8, 4) is 0 Å². The summed E-state index contributed by atoms with van der Waals surface area (Å²) in [6.07, 6.45) is 1.07. The summed E-state index contributed by atoms with van der Waals surface area (Å²) in [5.74, 6) is 0. The number of hydrogen-bond acceptors (Lipinski definition) is 4. The van der Waals surface area contributed by atoms with E-state index < -0.39 is 6.10 Å². The molecule has 1 aliphatic rings. The van der Waals surface area contributed by atoms with Crippen LogP contribution in [0.25, 0.3) is 0 Å². The van der Waals surface area contributed by atoms with Crippen LogP contribution < -0.4 is 5.73 Å². The van der Waals surface area contributed by atoms with Crippen LogP contribution >= 0.6 is 0 Å². The maximum absolute atomic E-state index is 9.25. The van der Waals surface area contributed by atoms with Crippen molar-refractivity contribution in [3.63, 3.8) is 0 Å². The van der Waals surface area contributed by atoms with Gasteiger partial charge in [-0.3, -0.25) is 0 Å². The van der Waals surface area contributed by atoms with E-state index in [0.717, 1.165) is 25.9 Å². The molecule has 1 aliphatic heterocycles. The van der Waals surface area contributed by atoms with Crippen LogP contribution in [-0.4, -0.2) is 53.5 Å². The Balaban J connectivity index is 2.17. The van der Waals surface area contributed by atoms with Crippen LogP contribution in [0.3, 0.4) is 0 Å². The first-order chi connectivity index (χ1) is 5.72. The van der Waals surface area contributed by atoms with Crippen molar-refractivity contribution in [1.82, 2.24) is 4.90 Å². The van der Waals surface area contributed by atoms with Crippen LogP contribution in [-0.2, 0) is 0 Å². The number of piperidine rings is 1. The molecule has 1 unspecified atom stereocenters. The Hall–Kier alpha value is -0.160. The van der Waals surface area contributed by atoms with Crippen molar-refractivity contribution in [2.24, 2.45) is 5.73 Å². The highest BCUT2D eigenvalue weighted by molar-refractivity contribution is 4.73. The van der Waals surface area contributed by atoms with Gasteiger partial charge in [-0.1, -0.05) is 0 Å². The highest BCUT2D eigenvalue weighted by atomic mass is 16.3. The quantitative estimate of drug-likeness (QED) is 0.501. The van der Waals surface area contributed by atoms with Crippen LogP contribution in [0.2, 0.25) is 0 Å². The summed E-state index contributed by atoms with van der Waals surface area (Å²) in [6.45, 7) is 2.71. The third-order valence-electron chi connectivity index (χ3n) is 2.30.